The van der Waals surface area contributed by atoms with Crippen LogP contribution in [-0.4, -0.2) is 21.6 Å². The first kappa shape index (κ1) is 12.9. The van der Waals surface area contributed by atoms with Crippen LogP contribution in [-0.2, 0) is 0 Å². The van der Waals surface area contributed by atoms with E-state index < -0.39 is 22.6 Å². The van der Waals surface area contributed by atoms with Crippen LogP contribution in [0, 0.1) is 26.4 Å². The fourth-order valence-corrected chi connectivity index (χ4v) is 0.182. The summed E-state index contributed by atoms with van der Waals surface area (Å²) in [6.07, 6.45) is -1.31. The maximum atomic E-state index is 9.54. The largest absolute Gasteiger partial charge is 1.00 e. The van der Waals surface area contributed by atoms with Crippen molar-refractivity contribution in [3.63, 3.8) is 0 Å². The van der Waals surface area contributed by atoms with Crippen molar-refractivity contribution < 1.29 is 66.3 Å². The first-order valence-electron chi connectivity index (χ1n) is 1.85. The van der Waals surface area contributed by atoms with Gasteiger partial charge in [-0.3, -0.25) is 20.2 Å². The molecule has 0 spiro atoms. The van der Waals surface area contributed by atoms with Crippen LogP contribution in [0.5, 0.6) is 0 Å². The van der Waals surface area contributed by atoms with Gasteiger partial charge in [0.2, 0.25) is 0 Å². The average Bonchev–Trinajstić information content (AvgIpc) is 1.64. The third-order valence-electron chi connectivity index (χ3n) is 0.563. The summed E-state index contributed by atoms with van der Waals surface area (Å²) in [6, 6.07) is 0. The summed E-state index contributed by atoms with van der Waals surface area (Å²) in [6.45, 7) is -1.15. The van der Waals surface area contributed by atoms with Crippen LogP contribution in [0.2, 0.25) is 0 Å². The van der Waals surface area contributed by atoms with Crippen LogP contribution in [0.15, 0.2) is 0 Å². The smallest absolute Gasteiger partial charge is 0.413 e. The molecule has 7 nitrogen and oxygen atoms in total. The third kappa shape index (κ3) is 4.14. The normalized spacial score (nSPS) is 7.70. The van der Waals surface area contributed by atoms with Crippen molar-refractivity contribution in [3.05, 3.63) is 26.4 Å². The molecule has 0 atom stereocenters. The monoisotopic (exact) mass is 174 g/mol. The molecule has 1 N–H and O–H groups in total. The zero-order valence-corrected chi connectivity index (χ0v) is 8.30. The van der Waals surface area contributed by atoms with E-state index in [2.05, 4.69) is 0 Å². The molecular weight excluding hydrogens is 171 g/mol. The van der Waals surface area contributed by atoms with Crippen molar-refractivity contribution in [2.75, 3.05) is 6.61 Å². The van der Waals surface area contributed by atoms with Gasteiger partial charge in [0.05, 0.1) is 6.61 Å². The van der Waals surface area contributed by atoms with Gasteiger partial charge >= 0.3 is 51.4 Å². The summed E-state index contributed by atoms with van der Waals surface area (Å²) < 4.78 is 0. The van der Waals surface area contributed by atoms with E-state index in [0.29, 0.717) is 0 Å². The molecule has 0 aliphatic carbocycles. The second kappa shape index (κ2) is 6.01. The van der Waals surface area contributed by atoms with Crippen LogP contribution in [0.25, 0.3) is 0 Å². The van der Waals surface area contributed by atoms with Crippen molar-refractivity contribution in [2.45, 2.75) is 0 Å². The summed E-state index contributed by atoms with van der Waals surface area (Å²) in [5.74, 6) is 0. The summed E-state index contributed by atoms with van der Waals surface area (Å²) >= 11 is 0. The summed E-state index contributed by atoms with van der Waals surface area (Å²) in [7, 11) is 0. The second-order valence-electron chi connectivity index (χ2n) is 1.09. The van der Waals surface area contributed by atoms with Crippen LogP contribution in [0.4, 0.5) is 0 Å². The molecule has 52 valence electrons. The van der Waals surface area contributed by atoms with Gasteiger partial charge < -0.3 is 5.11 Å². The number of rotatable bonds is 3. The Labute approximate surface area is 98.1 Å². The van der Waals surface area contributed by atoms with Gasteiger partial charge in [-0.15, -0.1) is 0 Å². The zero-order chi connectivity index (χ0) is 7.44. The van der Waals surface area contributed by atoms with Gasteiger partial charge in [0.25, 0.3) is 6.17 Å². The Morgan fingerprint density at radius 2 is 1.60 bits per heavy atom. The van der Waals surface area contributed by atoms with E-state index in [1.54, 1.807) is 0 Å². The van der Waals surface area contributed by atoms with Crippen LogP contribution >= 0.6 is 0 Å². The molecule has 0 aromatic carbocycles. The predicted octanol–water partition coefficient (Wildman–Crippen LogP) is -3.97. The Morgan fingerprint density at radius 3 is 1.60 bits per heavy atom. The van der Waals surface area contributed by atoms with Crippen LogP contribution < -0.4 is 51.4 Å². The van der Waals surface area contributed by atoms with Crippen molar-refractivity contribution in [1.29, 1.82) is 0 Å². The number of aliphatic hydroxyl groups is 1. The predicted molar refractivity (Wildman–Crippen MR) is 24.3 cm³/mol. The molecule has 0 radical (unpaired) electrons. The van der Waals surface area contributed by atoms with Gasteiger partial charge in [0, 0.05) is 0 Å². The quantitative estimate of drug-likeness (QED) is 0.203. The summed E-state index contributed by atoms with van der Waals surface area (Å²) in [5, 5.41) is 27.0. The van der Waals surface area contributed by atoms with Crippen LogP contribution in [0.1, 0.15) is 0 Å². The molecule has 0 aliphatic rings. The van der Waals surface area contributed by atoms with E-state index in [1.807, 2.05) is 0 Å². The van der Waals surface area contributed by atoms with Crippen LogP contribution in [0.3, 0.4) is 0 Å². The Morgan fingerprint density at radius 1 is 1.30 bits per heavy atom. The number of hydrogen-bond acceptors (Lipinski definition) is 5. The number of aliphatic hydroxyl groups excluding tert-OH is 1. The Kier molecular flexibility index (Phi) is 7.75. The standard InChI is InChI=1S/C2H3N2O5.K/c5-1-2(3(6)7)4(8)9;/h5H,1H2;/q-1;+1. The number of nitro groups is 2. The first-order valence-corrected chi connectivity index (χ1v) is 1.85. The maximum absolute atomic E-state index is 9.54. The average molecular weight is 174 g/mol. The Hall–Kier alpha value is 0.266. The molecule has 0 aliphatic heterocycles. The molecule has 0 saturated heterocycles. The van der Waals surface area contributed by atoms with Gasteiger partial charge in [-0.05, 0) is 9.85 Å². The topological polar surface area (TPSA) is 107 Å². The molecule has 0 bridgehead atoms. The van der Waals surface area contributed by atoms with Gasteiger partial charge in [-0.1, -0.05) is 0 Å². The Bertz CT molecular complexity index is 124. The van der Waals surface area contributed by atoms with E-state index in [1.165, 1.54) is 0 Å². The molecule has 0 heterocycles. The van der Waals surface area contributed by atoms with E-state index in [9.17, 15) is 20.2 Å². The molecule has 0 fully saturated rings. The Balaban J connectivity index is 0. The minimum absolute atomic E-state index is 0. The van der Waals surface area contributed by atoms with Crippen molar-refractivity contribution in [3.8, 4) is 0 Å². The SMILES string of the molecule is O=[N+]([O-])[C-](CO)[N+](=O)[O-].[K+]. The fourth-order valence-electron chi connectivity index (χ4n) is 0.182. The van der Waals surface area contributed by atoms with Gasteiger partial charge in [0.1, 0.15) is 0 Å². The molecule has 0 aromatic rings. The van der Waals surface area contributed by atoms with Crippen molar-refractivity contribution >= 4 is 0 Å². The molecule has 0 rings (SSSR count). The molecule has 8 heteroatoms. The zero-order valence-electron chi connectivity index (χ0n) is 5.18. The van der Waals surface area contributed by atoms with E-state index in [4.69, 9.17) is 5.11 Å². The molecule has 10 heavy (non-hydrogen) atoms. The summed E-state index contributed by atoms with van der Waals surface area (Å²) in [4.78, 5) is 16.6. The third-order valence-corrected chi connectivity index (χ3v) is 0.563. The fraction of sp³-hybridized carbons (Fsp3) is 0.500. The molecular formula is C2H3KN2O5. The van der Waals surface area contributed by atoms with E-state index in [-0.39, 0.29) is 51.4 Å². The number of nitrogens with zero attached hydrogens (tertiary/aromatic N) is 2. The first-order chi connectivity index (χ1) is 4.09. The molecule has 0 unspecified atom stereocenters. The van der Waals surface area contributed by atoms with Gasteiger partial charge in [0.15, 0.2) is 0 Å². The van der Waals surface area contributed by atoms with E-state index in [0.717, 1.165) is 0 Å². The minimum Gasteiger partial charge on any atom is -0.413 e. The molecule has 0 aromatic heterocycles. The molecule has 0 saturated carbocycles. The summed E-state index contributed by atoms with van der Waals surface area (Å²) in [5.41, 5.74) is 0. The second-order valence-corrected chi connectivity index (χ2v) is 1.09. The van der Waals surface area contributed by atoms with Gasteiger partial charge in [-0.25, -0.2) is 0 Å². The van der Waals surface area contributed by atoms with Crippen molar-refractivity contribution in [1.82, 2.24) is 0 Å². The van der Waals surface area contributed by atoms with E-state index >= 15 is 0 Å². The number of hydrogen-bond donors (Lipinski definition) is 1. The molecule has 0 amide bonds. The van der Waals surface area contributed by atoms with Gasteiger partial charge in [-0.2, -0.15) is 0 Å². The van der Waals surface area contributed by atoms with Crippen molar-refractivity contribution in [2.24, 2.45) is 0 Å². The minimum atomic E-state index is -1.31. The maximum Gasteiger partial charge on any atom is 1.00 e.